The lowest BCUT2D eigenvalue weighted by atomic mass is 10.0. The van der Waals surface area contributed by atoms with Crippen LogP contribution in [0.3, 0.4) is 0 Å². The van der Waals surface area contributed by atoms with Gasteiger partial charge in [-0.2, -0.15) is 0 Å². The molecule has 0 saturated heterocycles. The zero-order valence-electron chi connectivity index (χ0n) is 16.6. The zero-order chi connectivity index (χ0) is 22.4. The Morgan fingerprint density at radius 3 is 2.13 bits per heavy atom. The summed E-state index contributed by atoms with van der Waals surface area (Å²) in [5, 5.41) is 3.07. The van der Waals surface area contributed by atoms with E-state index in [1.165, 1.54) is 12.1 Å². The Hall–Kier alpha value is -1.98. The Morgan fingerprint density at radius 1 is 0.967 bits per heavy atom. The summed E-state index contributed by atoms with van der Waals surface area (Å²) in [4.78, 5) is 12.4. The summed E-state index contributed by atoms with van der Waals surface area (Å²) < 4.78 is 52.6. The fourth-order valence-corrected chi connectivity index (χ4v) is 4.52. The van der Waals surface area contributed by atoms with Crippen LogP contribution in [0.1, 0.15) is 23.6 Å². The second-order valence-corrected chi connectivity index (χ2v) is 10.7. The van der Waals surface area contributed by atoms with Crippen LogP contribution in [-0.2, 0) is 24.8 Å². The lowest BCUT2D eigenvalue weighted by Gasteiger charge is -2.18. The number of halogens is 1. The average Bonchev–Trinajstić information content (AvgIpc) is 2.65. The number of aryl methyl sites for hydroxylation is 1. The van der Waals surface area contributed by atoms with Crippen molar-refractivity contribution in [3.63, 3.8) is 0 Å². The first-order chi connectivity index (χ1) is 14.0. The highest BCUT2D eigenvalue weighted by molar-refractivity contribution is 7.89. The Morgan fingerprint density at radius 2 is 1.57 bits per heavy atom. The van der Waals surface area contributed by atoms with E-state index in [-0.39, 0.29) is 24.4 Å². The molecule has 0 unspecified atom stereocenters. The number of hydrogen-bond donors (Lipinski definition) is 3. The third kappa shape index (κ3) is 8.04. The van der Waals surface area contributed by atoms with E-state index in [1.807, 2.05) is 6.92 Å². The fraction of sp³-hybridized carbons (Fsp3) is 0.316. The molecular formula is C19H24ClN3O5S2. The number of hydrogen-bond acceptors (Lipinski definition) is 5. The standard InChI is InChI=1S/C19H24ClN3O5S2/c1-14-3-9-17(10-4-14)30(27,28)22-12-11-21-19(24)13-18(23-29(2,25)26)15-5-7-16(20)8-6-15/h3-10,18,22-23H,11-13H2,1-2H3,(H,21,24)/t18-/m1/s1. The van der Waals surface area contributed by atoms with Gasteiger partial charge in [0.25, 0.3) is 0 Å². The van der Waals surface area contributed by atoms with Crippen molar-refractivity contribution in [2.45, 2.75) is 24.3 Å². The molecule has 0 heterocycles. The predicted octanol–water partition coefficient (Wildman–Crippen LogP) is 1.72. The van der Waals surface area contributed by atoms with Crippen molar-refractivity contribution in [1.82, 2.24) is 14.8 Å². The summed E-state index contributed by atoms with van der Waals surface area (Å²) >= 11 is 5.85. The van der Waals surface area contributed by atoms with Crippen LogP contribution in [0.4, 0.5) is 0 Å². The summed E-state index contributed by atoms with van der Waals surface area (Å²) in [6, 6.07) is 12.1. The van der Waals surface area contributed by atoms with Crippen molar-refractivity contribution in [3.8, 4) is 0 Å². The van der Waals surface area contributed by atoms with Crippen LogP contribution in [0.2, 0.25) is 5.02 Å². The smallest absolute Gasteiger partial charge is 0.240 e. The monoisotopic (exact) mass is 473 g/mol. The molecule has 2 aromatic carbocycles. The minimum absolute atomic E-state index is 0.00688. The van der Waals surface area contributed by atoms with Gasteiger partial charge in [0.05, 0.1) is 17.2 Å². The molecule has 0 fully saturated rings. The number of carbonyl (C=O) groups is 1. The molecule has 8 nitrogen and oxygen atoms in total. The van der Waals surface area contributed by atoms with E-state index in [0.717, 1.165) is 11.8 Å². The van der Waals surface area contributed by atoms with E-state index in [4.69, 9.17) is 11.6 Å². The minimum Gasteiger partial charge on any atom is -0.355 e. The van der Waals surface area contributed by atoms with Gasteiger partial charge in [0, 0.05) is 24.5 Å². The van der Waals surface area contributed by atoms with Crippen LogP contribution in [0.15, 0.2) is 53.4 Å². The number of nitrogens with one attached hydrogen (secondary N) is 3. The Balaban J connectivity index is 1.90. The molecule has 164 valence electrons. The molecule has 1 atom stereocenters. The van der Waals surface area contributed by atoms with Gasteiger partial charge >= 0.3 is 0 Å². The van der Waals surface area contributed by atoms with Gasteiger partial charge in [-0.1, -0.05) is 41.4 Å². The molecule has 11 heteroatoms. The van der Waals surface area contributed by atoms with Crippen molar-refractivity contribution in [2.75, 3.05) is 19.3 Å². The van der Waals surface area contributed by atoms with Crippen molar-refractivity contribution < 1.29 is 21.6 Å². The highest BCUT2D eigenvalue weighted by Crippen LogP contribution is 2.20. The van der Waals surface area contributed by atoms with Crippen LogP contribution in [0, 0.1) is 6.92 Å². The molecule has 1 amide bonds. The molecule has 0 aromatic heterocycles. The summed E-state index contributed by atoms with van der Waals surface area (Å²) in [5.41, 5.74) is 1.53. The minimum atomic E-state index is -3.67. The third-order valence-corrected chi connectivity index (χ3v) is 6.53. The molecule has 0 bridgehead atoms. The van der Waals surface area contributed by atoms with Gasteiger partial charge in [0.2, 0.25) is 26.0 Å². The largest absolute Gasteiger partial charge is 0.355 e. The van der Waals surface area contributed by atoms with E-state index in [0.29, 0.717) is 10.6 Å². The molecule has 3 N–H and O–H groups in total. The van der Waals surface area contributed by atoms with Gasteiger partial charge in [-0.25, -0.2) is 26.3 Å². The first-order valence-electron chi connectivity index (χ1n) is 9.02. The topological polar surface area (TPSA) is 121 Å². The maximum Gasteiger partial charge on any atom is 0.240 e. The molecule has 0 aliphatic rings. The van der Waals surface area contributed by atoms with E-state index < -0.39 is 32.0 Å². The summed E-state index contributed by atoms with van der Waals surface area (Å²) in [6.45, 7) is 1.90. The maximum absolute atomic E-state index is 12.3. The molecular weight excluding hydrogens is 450 g/mol. The summed E-state index contributed by atoms with van der Waals surface area (Å²) in [7, 11) is -7.23. The van der Waals surface area contributed by atoms with Crippen molar-refractivity contribution in [1.29, 1.82) is 0 Å². The number of rotatable bonds is 10. The normalized spacial score (nSPS) is 13.0. The third-order valence-electron chi connectivity index (χ3n) is 4.09. The molecule has 30 heavy (non-hydrogen) atoms. The van der Waals surface area contributed by atoms with Gasteiger partial charge in [-0.15, -0.1) is 0 Å². The number of sulfonamides is 2. The molecule has 0 saturated carbocycles. The fourth-order valence-electron chi connectivity index (χ4n) is 2.63. The summed E-state index contributed by atoms with van der Waals surface area (Å²) in [5.74, 6) is -0.430. The summed E-state index contributed by atoms with van der Waals surface area (Å²) in [6.07, 6.45) is 0.854. The van der Waals surface area contributed by atoms with Gasteiger partial charge < -0.3 is 5.32 Å². The van der Waals surface area contributed by atoms with Gasteiger partial charge in [0.1, 0.15) is 0 Å². The molecule has 2 aromatic rings. The molecule has 2 rings (SSSR count). The Bertz CT molecular complexity index is 1070. The van der Waals surface area contributed by atoms with Gasteiger partial charge in [0.15, 0.2) is 0 Å². The van der Waals surface area contributed by atoms with Crippen LogP contribution >= 0.6 is 11.6 Å². The van der Waals surface area contributed by atoms with Crippen LogP contribution in [0.25, 0.3) is 0 Å². The van der Waals surface area contributed by atoms with Crippen molar-refractivity contribution in [3.05, 3.63) is 64.7 Å². The Kier molecular flexibility index (Phi) is 8.39. The van der Waals surface area contributed by atoms with Gasteiger partial charge in [-0.3, -0.25) is 4.79 Å². The molecule has 0 spiro atoms. The number of benzene rings is 2. The van der Waals surface area contributed by atoms with Gasteiger partial charge in [-0.05, 0) is 36.8 Å². The van der Waals surface area contributed by atoms with Crippen LogP contribution in [0.5, 0.6) is 0 Å². The lowest BCUT2D eigenvalue weighted by molar-refractivity contribution is -0.121. The first kappa shape index (κ1) is 24.3. The van der Waals surface area contributed by atoms with E-state index in [9.17, 15) is 21.6 Å². The number of carbonyl (C=O) groups excluding carboxylic acids is 1. The molecule has 0 radical (unpaired) electrons. The van der Waals surface area contributed by atoms with E-state index >= 15 is 0 Å². The highest BCUT2D eigenvalue weighted by atomic mass is 35.5. The lowest BCUT2D eigenvalue weighted by Crippen LogP contribution is -2.37. The average molecular weight is 474 g/mol. The van der Waals surface area contributed by atoms with Crippen molar-refractivity contribution in [2.24, 2.45) is 0 Å². The maximum atomic E-state index is 12.3. The predicted molar refractivity (Wildman–Crippen MR) is 116 cm³/mol. The highest BCUT2D eigenvalue weighted by Gasteiger charge is 2.20. The van der Waals surface area contributed by atoms with Crippen molar-refractivity contribution >= 4 is 37.6 Å². The second-order valence-electron chi connectivity index (χ2n) is 6.76. The van der Waals surface area contributed by atoms with E-state index in [1.54, 1.807) is 36.4 Å². The van der Waals surface area contributed by atoms with Crippen LogP contribution < -0.4 is 14.8 Å². The SMILES string of the molecule is Cc1ccc(S(=O)(=O)NCCNC(=O)C[C@@H](NS(C)(=O)=O)c2ccc(Cl)cc2)cc1. The molecule has 0 aliphatic carbocycles. The zero-order valence-corrected chi connectivity index (χ0v) is 18.9. The van der Waals surface area contributed by atoms with Crippen LogP contribution in [-0.4, -0.2) is 42.1 Å². The quantitative estimate of drug-likeness (QED) is 0.453. The second kappa shape index (κ2) is 10.4. The Labute approximate surface area is 182 Å². The van der Waals surface area contributed by atoms with E-state index in [2.05, 4.69) is 14.8 Å². The molecule has 0 aliphatic heterocycles. The number of amides is 1. The first-order valence-corrected chi connectivity index (χ1v) is 12.8.